The molecule has 0 aromatic heterocycles. The number of hydrogen-bond acceptors (Lipinski definition) is 3. The summed E-state index contributed by atoms with van der Waals surface area (Å²) in [4.78, 5) is 0. The highest BCUT2D eigenvalue weighted by Gasteiger charge is 2.43. The lowest BCUT2D eigenvalue weighted by Crippen LogP contribution is -2.18. The molecule has 1 fully saturated rings. The van der Waals surface area contributed by atoms with Gasteiger partial charge in [-0.2, -0.15) is 0 Å². The first kappa shape index (κ1) is 12.3. The third kappa shape index (κ3) is 3.66. The zero-order valence-corrected chi connectivity index (χ0v) is 9.79. The largest absolute Gasteiger partial charge is 0.390 e. The molecule has 92 valence electrons. The van der Waals surface area contributed by atoms with Crippen LogP contribution in [0.4, 0.5) is 0 Å². The van der Waals surface area contributed by atoms with E-state index in [0.717, 1.165) is 5.56 Å². The molecule has 0 radical (unpaired) electrons. The van der Waals surface area contributed by atoms with Crippen LogP contribution in [-0.4, -0.2) is 30.0 Å². The summed E-state index contributed by atoms with van der Waals surface area (Å²) >= 11 is 0. The monoisotopic (exact) mass is 234 g/mol. The van der Waals surface area contributed by atoms with Crippen LogP contribution in [0.2, 0.25) is 0 Å². The highest BCUT2D eigenvalue weighted by atomic mass is 16.6. The van der Waals surface area contributed by atoms with E-state index >= 15 is 0 Å². The van der Waals surface area contributed by atoms with Gasteiger partial charge in [0.25, 0.3) is 0 Å². The molecule has 1 aliphatic rings. The third-order valence-electron chi connectivity index (χ3n) is 2.80. The van der Waals surface area contributed by atoms with Crippen molar-refractivity contribution >= 4 is 0 Å². The summed E-state index contributed by atoms with van der Waals surface area (Å²) in [6.45, 7) is 4.71. The zero-order valence-electron chi connectivity index (χ0n) is 9.79. The molecule has 17 heavy (non-hydrogen) atoms. The average Bonchev–Trinajstić information content (AvgIpc) is 3.10. The van der Waals surface area contributed by atoms with Gasteiger partial charge in [-0.15, -0.1) is 6.58 Å². The van der Waals surface area contributed by atoms with E-state index in [1.165, 1.54) is 0 Å². The van der Waals surface area contributed by atoms with E-state index in [1.807, 2.05) is 30.3 Å². The number of rotatable bonds is 7. The van der Waals surface area contributed by atoms with Crippen molar-refractivity contribution in [1.29, 1.82) is 0 Å². The molecule has 1 aromatic carbocycles. The second-order valence-electron chi connectivity index (χ2n) is 4.23. The molecule has 3 atom stereocenters. The fraction of sp³-hybridized carbons (Fsp3) is 0.429. The summed E-state index contributed by atoms with van der Waals surface area (Å²) in [6.07, 6.45) is 1.78. The van der Waals surface area contributed by atoms with Gasteiger partial charge in [-0.05, 0) is 12.0 Å². The molecule has 1 saturated heterocycles. The molecule has 1 heterocycles. The minimum Gasteiger partial charge on any atom is -0.390 e. The molecule has 0 saturated carbocycles. The van der Waals surface area contributed by atoms with E-state index in [9.17, 15) is 5.11 Å². The SMILES string of the molecule is C=CC[C@H](O)[C@@H]1O[C@H]1COCc1ccccc1. The van der Waals surface area contributed by atoms with Crippen molar-refractivity contribution in [2.45, 2.75) is 31.3 Å². The third-order valence-corrected chi connectivity index (χ3v) is 2.80. The van der Waals surface area contributed by atoms with Crippen LogP contribution in [0.15, 0.2) is 43.0 Å². The van der Waals surface area contributed by atoms with Gasteiger partial charge in [-0.1, -0.05) is 36.4 Å². The lowest BCUT2D eigenvalue weighted by atomic mass is 10.1. The zero-order chi connectivity index (χ0) is 12.1. The van der Waals surface area contributed by atoms with E-state index in [0.29, 0.717) is 19.6 Å². The molecule has 0 unspecified atom stereocenters. The molecule has 0 aliphatic carbocycles. The Labute approximate surface area is 102 Å². The topological polar surface area (TPSA) is 42.0 Å². The van der Waals surface area contributed by atoms with Crippen LogP contribution in [0.3, 0.4) is 0 Å². The Hall–Kier alpha value is -1.16. The Kier molecular flexibility index (Phi) is 4.31. The van der Waals surface area contributed by atoms with E-state index < -0.39 is 6.10 Å². The van der Waals surface area contributed by atoms with E-state index in [2.05, 4.69) is 6.58 Å². The fourth-order valence-electron chi connectivity index (χ4n) is 1.80. The quantitative estimate of drug-likeness (QED) is 0.579. The maximum absolute atomic E-state index is 9.62. The molecule has 0 amide bonds. The normalized spacial score (nSPS) is 24.3. The lowest BCUT2D eigenvalue weighted by Gasteiger charge is -2.04. The van der Waals surface area contributed by atoms with Gasteiger partial charge in [0.05, 0.1) is 19.3 Å². The number of aliphatic hydroxyl groups is 1. The van der Waals surface area contributed by atoms with Crippen LogP contribution in [-0.2, 0) is 16.1 Å². The highest BCUT2D eigenvalue weighted by Crippen LogP contribution is 2.27. The summed E-state index contributed by atoms with van der Waals surface area (Å²) in [5.41, 5.74) is 1.15. The van der Waals surface area contributed by atoms with Crippen LogP contribution in [0.1, 0.15) is 12.0 Å². The van der Waals surface area contributed by atoms with Gasteiger partial charge in [0, 0.05) is 0 Å². The molecule has 0 bridgehead atoms. The minimum atomic E-state index is -0.446. The summed E-state index contributed by atoms with van der Waals surface area (Å²) < 4.78 is 10.9. The first-order valence-corrected chi connectivity index (χ1v) is 5.87. The van der Waals surface area contributed by atoms with Crippen molar-refractivity contribution in [2.24, 2.45) is 0 Å². The van der Waals surface area contributed by atoms with Crippen molar-refractivity contribution in [3.63, 3.8) is 0 Å². The van der Waals surface area contributed by atoms with Crippen molar-refractivity contribution < 1.29 is 14.6 Å². The fourth-order valence-corrected chi connectivity index (χ4v) is 1.80. The van der Waals surface area contributed by atoms with Crippen LogP contribution < -0.4 is 0 Å². The smallest absolute Gasteiger partial charge is 0.113 e. The van der Waals surface area contributed by atoms with Gasteiger partial charge in [-0.3, -0.25) is 0 Å². The van der Waals surface area contributed by atoms with Gasteiger partial charge in [-0.25, -0.2) is 0 Å². The van der Waals surface area contributed by atoms with Crippen molar-refractivity contribution in [3.05, 3.63) is 48.6 Å². The van der Waals surface area contributed by atoms with Crippen molar-refractivity contribution in [1.82, 2.24) is 0 Å². The second kappa shape index (κ2) is 5.96. The number of aliphatic hydroxyl groups excluding tert-OH is 1. The first-order chi connectivity index (χ1) is 8.31. The molecular formula is C14H18O3. The predicted molar refractivity (Wildman–Crippen MR) is 65.6 cm³/mol. The second-order valence-corrected chi connectivity index (χ2v) is 4.23. The Balaban J connectivity index is 1.63. The van der Waals surface area contributed by atoms with Gasteiger partial charge in [0.1, 0.15) is 12.2 Å². The van der Waals surface area contributed by atoms with Crippen molar-refractivity contribution in [3.8, 4) is 0 Å². The van der Waals surface area contributed by atoms with Gasteiger partial charge in [0.15, 0.2) is 0 Å². The van der Waals surface area contributed by atoms with E-state index in [-0.39, 0.29) is 12.2 Å². The van der Waals surface area contributed by atoms with E-state index in [1.54, 1.807) is 6.08 Å². The summed E-state index contributed by atoms with van der Waals surface area (Å²) in [5.74, 6) is 0. The molecule has 1 N–H and O–H groups in total. The van der Waals surface area contributed by atoms with Gasteiger partial charge >= 0.3 is 0 Å². The van der Waals surface area contributed by atoms with Gasteiger partial charge < -0.3 is 14.6 Å². The van der Waals surface area contributed by atoms with E-state index in [4.69, 9.17) is 9.47 Å². The van der Waals surface area contributed by atoms with Crippen LogP contribution in [0.25, 0.3) is 0 Å². The Morgan fingerprint density at radius 1 is 1.41 bits per heavy atom. The van der Waals surface area contributed by atoms with Crippen molar-refractivity contribution in [2.75, 3.05) is 6.61 Å². The van der Waals surface area contributed by atoms with Gasteiger partial charge in [0.2, 0.25) is 0 Å². The highest BCUT2D eigenvalue weighted by molar-refractivity contribution is 5.13. The molecule has 1 aliphatic heterocycles. The summed E-state index contributed by atoms with van der Waals surface area (Å²) in [5, 5.41) is 9.62. The molecule has 0 spiro atoms. The number of ether oxygens (including phenoxy) is 2. The standard InChI is InChI=1S/C14H18O3/c1-2-6-12(15)14-13(17-14)10-16-9-11-7-4-3-5-8-11/h2-5,7-8,12-15H,1,6,9-10H2/t12-,13-,14-/m0/s1. The predicted octanol–water partition coefficient (Wildman–Crippen LogP) is 1.91. The number of hydrogen-bond donors (Lipinski definition) is 1. The Bertz CT molecular complexity index is 350. The van der Waals surface area contributed by atoms with Crippen LogP contribution >= 0.6 is 0 Å². The number of benzene rings is 1. The summed E-state index contributed by atoms with van der Waals surface area (Å²) in [6, 6.07) is 10.0. The van der Waals surface area contributed by atoms with Crippen LogP contribution in [0.5, 0.6) is 0 Å². The maximum atomic E-state index is 9.62. The molecular weight excluding hydrogens is 216 g/mol. The molecule has 3 heteroatoms. The maximum Gasteiger partial charge on any atom is 0.113 e. The van der Waals surface area contributed by atoms with Crippen LogP contribution in [0, 0.1) is 0 Å². The Morgan fingerprint density at radius 3 is 2.88 bits per heavy atom. The summed E-state index contributed by atoms with van der Waals surface area (Å²) in [7, 11) is 0. The lowest BCUT2D eigenvalue weighted by molar-refractivity contribution is 0.104. The molecule has 1 aromatic rings. The molecule has 2 rings (SSSR count). The Morgan fingerprint density at radius 2 is 2.18 bits per heavy atom. The first-order valence-electron chi connectivity index (χ1n) is 5.87. The number of epoxide rings is 1. The average molecular weight is 234 g/mol. The minimum absolute atomic E-state index is 0.0358. The molecule has 3 nitrogen and oxygen atoms in total.